The van der Waals surface area contributed by atoms with Crippen LogP contribution >= 0.6 is 15.9 Å². The highest BCUT2D eigenvalue weighted by molar-refractivity contribution is 9.10. The lowest BCUT2D eigenvalue weighted by Crippen LogP contribution is -2.20. The van der Waals surface area contributed by atoms with E-state index in [0.29, 0.717) is 5.69 Å². The summed E-state index contributed by atoms with van der Waals surface area (Å²) in [7, 11) is 0. The molecule has 0 aliphatic carbocycles. The number of urea groups is 1. The molecule has 6 heteroatoms. The molecule has 20 heavy (non-hydrogen) atoms. The van der Waals surface area contributed by atoms with Crippen molar-refractivity contribution in [3.8, 4) is 0 Å². The number of carbonyl (C=O) groups is 1. The average Bonchev–Trinajstić information content (AvgIpc) is 2.38. The Morgan fingerprint density at radius 3 is 2.65 bits per heavy atom. The van der Waals surface area contributed by atoms with Gasteiger partial charge in [-0.1, -0.05) is 28.1 Å². The number of amides is 2. The van der Waals surface area contributed by atoms with Crippen LogP contribution in [-0.4, -0.2) is 11.1 Å². The van der Waals surface area contributed by atoms with E-state index in [9.17, 15) is 9.18 Å². The molecular weight excluding hydrogens is 327 g/mol. The van der Waals surface area contributed by atoms with Crippen LogP contribution in [0.4, 0.5) is 20.6 Å². The maximum Gasteiger partial charge on any atom is 0.323 e. The number of aliphatic hydroxyl groups excluding tert-OH is 1. The van der Waals surface area contributed by atoms with Gasteiger partial charge in [-0.15, -0.1) is 0 Å². The summed E-state index contributed by atoms with van der Waals surface area (Å²) in [5, 5.41) is 14.2. The van der Waals surface area contributed by atoms with Gasteiger partial charge < -0.3 is 15.7 Å². The van der Waals surface area contributed by atoms with Gasteiger partial charge in [0.2, 0.25) is 0 Å². The van der Waals surface area contributed by atoms with Gasteiger partial charge in [0.25, 0.3) is 0 Å². The molecule has 4 nitrogen and oxygen atoms in total. The second-order valence-electron chi connectivity index (χ2n) is 4.01. The van der Waals surface area contributed by atoms with Crippen molar-refractivity contribution in [1.29, 1.82) is 0 Å². The summed E-state index contributed by atoms with van der Waals surface area (Å²) in [6.45, 7) is -0.487. The van der Waals surface area contributed by atoms with Crippen LogP contribution in [0.3, 0.4) is 0 Å². The zero-order valence-electron chi connectivity index (χ0n) is 10.4. The average molecular weight is 339 g/mol. The van der Waals surface area contributed by atoms with Crippen molar-refractivity contribution in [2.75, 3.05) is 10.6 Å². The van der Waals surface area contributed by atoms with E-state index in [0.717, 1.165) is 4.47 Å². The topological polar surface area (TPSA) is 61.4 Å². The summed E-state index contributed by atoms with van der Waals surface area (Å²) in [5.41, 5.74) is 0.885. The first-order chi connectivity index (χ1) is 9.60. The Morgan fingerprint density at radius 2 is 1.95 bits per heavy atom. The minimum Gasteiger partial charge on any atom is -0.391 e. The van der Waals surface area contributed by atoms with Crippen LogP contribution in [0.15, 0.2) is 46.9 Å². The van der Waals surface area contributed by atoms with Gasteiger partial charge in [-0.2, -0.15) is 0 Å². The number of rotatable bonds is 3. The van der Waals surface area contributed by atoms with Gasteiger partial charge in [-0.05, 0) is 30.3 Å². The molecule has 2 aromatic rings. The Hall–Kier alpha value is -1.92. The normalized spacial score (nSPS) is 10.2. The van der Waals surface area contributed by atoms with Crippen molar-refractivity contribution in [2.24, 2.45) is 0 Å². The van der Waals surface area contributed by atoms with Crippen molar-refractivity contribution in [1.82, 2.24) is 0 Å². The number of halogens is 2. The molecule has 0 aliphatic rings. The standard InChI is InChI=1S/C14H12BrFN2O2/c15-9-3-1-4-10(7-9)17-14(20)18-13-6-2-5-12(16)11(13)8-19/h1-7,19H,8H2,(H2,17,18,20). The largest absolute Gasteiger partial charge is 0.391 e. The second kappa shape index (κ2) is 6.49. The first kappa shape index (κ1) is 14.5. The molecule has 2 rings (SSSR count). The van der Waals surface area contributed by atoms with Gasteiger partial charge in [0.1, 0.15) is 5.82 Å². The van der Waals surface area contributed by atoms with E-state index in [1.54, 1.807) is 18.2 Å². The molecular formula is C14H12BrFN2O2. The molecule has 0 radical (unpaired) electrons. The molecule has 0 aliphatic heterocycles. The number of aliphatic hydroxyl groups is 1. The molecule has 2 amide bonds. The first-order valence-corrected chi connectivity index (χ1v) is 6.61. The minimum absolute atomic E-state index is 0.0527. The molecule has 0 aromatic heterocycles. The summed E-state index contributed by atoms with van der Waals surface area (Å²) < 4.78 is 14.3. The summed E-state index contributed by atoms with van der Waals surface area (Å²) in [6, 6.07) is 10.8. The predicted molar refractivity (Wildman–Crippen MR) is 79.1 cm³/mol. The molecule has 2 aromatic carbocycles. The van der Waals surface area contributed by atoms with Crippen LogP contribution in [0, 0.1) is 5.82 Å². The van der Waals surface area contributed by atoms with Crippen molar-refractivity contribution in [2.45, 2.75) is 6.61 Å². The third kappa shape index (κ3) is 3.55. The van der Waals surface area contributed by atoms with Gasteiger partial charge >= 0.3 is 6.03 Å². The van der Waals surface area contributed by atoms with Crippen LogP contribution in [0.2, 0.25) is 0 Å². The Kier molecular flexibility index (Phi) is 4.70. The number of hydrogen-bond donors (Lipinski definition) is 3. The van der Waals surface area contributed by atoms with Gasteiger partial charge in [0.15, 0.2) is 0 Å². The highest BCUT2D eigenvalue weighted by Gasteiger charge is 2.10. The summed E-state index contributed by atoms with van der Waals surface area (Å²) >= 11 is 3.30. The molecule has 3 N–H and O–H groups in total. The smallest absolute Gasteiger partial charge is 0.323 e. The van der Waals surface area contributed by atoms with E-state index in [1.165, 1.54) is 18.2 Å². The van der Waals surface area contributed by atoms with Gasteiger partial charge in [0.05, 0.1) is 12.3 Å². The van der Waals surface area contributed by atoms with Crippen LogP contribution in [0.5, 0.6) is 0 Å². The van der Waals surface area contributed by atoms with Crippen LogP contribution in [0.1, 0.15) is 5.56 Å². The summed E-state index contributed by atoms with van der Waals surface area (Å²) in [4.78, 5) is 11.8. The number of anilines is 2. The van der Waals surface area contributed by atoms with Crippen molar-refractivity contribution >= 4 is 33.3 Å². The molecule has 0 bridgehead atoms. The zero-order valence-corrected chi connectivity index (χ0v) is 11.9. The number of hydrogen-bond acceptors (Lipinski definition) is 2. The fourth-order valence-electron chi connectivity index (χ4n) is 1.69. The maximum atomic E-state index is 13.4. The quantitative estimate of drug-likeness (QED) is 0.798. The first-order valence-electron chi connectivity index (χ1n) is 5.82. The second-order valence-corrected chi connectivity index (χ2v) is 4.93. The van der Waals surface area contributed by atoms with E-state index < -0.39 is 18.5 Å². The molecule has 0 saturated heterocycles. The lowest BCUT2D eigenvalue weighted by atomic mass is 10.2. The fraction of sp³-hybridized carbons (Fsp3) is 0.0714. The van der Waals surface area contributed by atoms with Crippen LogP contribution in [0.25, 0.3) is 0 Å². The molecule has 0 fully saturated rings. The van der Waals surface area contributed by atoms with Gasteiger partial charge in [-0.25, -0.2) is 9.18 Å². The highest BCUT2D eigenvalue weighted by Crippen LogP contribution is 2.20. The maximum absolute atomic E-state index is 13.4. The molecule has 0 unspecified atom stereocenters. The number of nitrogens with one attached hydrogen (secondary N) is 2. The third-order valence-corrected chi connectivity index (χ3v) is 3.10. The lowest BCUT2D eigenvalue weighted by Gasteiger charge is -2.11. The molecule has 0 atom stereocenters. The third-order valence-electron chi connectivity index (χ3n) is 2.61. The minimum atomic E-state index is -0.562. The highest BCUT2D eigenvalue weighted by atomic mass is 79.9. The van der Waals surface area contributed by atoms with Crippen LogP contribution < -0.4 is 10.6 Å². The van der Waals surface area contributed by atoms with E-state index >= 15 is 0 Å². The van der Waals surface area contributed by atoms with Crippen molar-refractivity contribution in [3.63, 3.8) is 0 Å². The lowest BCUT2D eigenvalue weighted by molar-refractivity contribution is 0.261. The van der Waals surface area contributed by atoms with Gasteiger partial charge in [0, 0.05) is 15.7 Å². The zero-order chi connectivity index (χ0) is 14.5. The molecule has 104 valence electrons. The molecule has 0 saturated carbocycles. The molecule has 0 spiro atoms. The van der Waals surface area contributed by atoms with Crippen molar-refractivity contribution in [3.05, 3.63) is 58.3 Å². The SMILES string of the molecule is O=C(Nc1cccc(Br)c1)Nc1cccc(F)c1CO. The summed E-state index contributed by atoms with van der Waals surface area (Å²) in [5.74, 6) is -0.562. The van der Waals surface area contributed by atoms with E-state index in [4.69, 9.17) is 5.11 Å². The van der Waals surface area contributed by atoms with E-state index in [2.05, 4.69) is 26.6 Å². The van der Waals surface area contributed by atoms with Gasteiger partial charge in [-0.3, -0.25) is 0 Å². The van der Waals surface area contributed by atoms with Crippen molar-refractivity contribution < 1.29 is 14.3 Å². The summed E-state index contributed by atoms with van der Waals surface area (Å²) in [6.07, 6.45) is 0. The molecule has 0 heterocycles. The van der Waals surface area contributed by atoms with E-state index in [1.807, 2.05) is 6.07 Å². The predicted octanol–water partition coefficient (Wildman–Crippen LogP) is 3.72. The Balaban J connectivity index is 2.11. The number of carbonyl (C=O) groups excluding carboxylic acids is 1. The number of benzene rings is 2. The fourth-order valence-corrected chi connectivity index (χ4v) is 2.09. The Labute approximate surface area is 123 Å². The monoisotopic (exact) mass is 338 g/mol. The van der Waals surface area contributed by atoms with E-state index in [-0.39, 0.29) is 11.3 Å². The Morgan fingerprint density at radius 1 is 1.20 bits per heavy atom. The van der Waals surface area contributed by atoms with Crippen LogP contribution in [-0.2, 0) is 6.61 Å². The Bertz CT molecular complexity index is 634.